The van der Waals surface area contributed by atoms with E-state index in [-0.39, 0.29) is 18.2 Å². The number of anilines is 1. The number of unbranched alkanes of at least 4 members (excludes halogenated alkanes) is 1. The Morgan fingerprint density at radius 3 is 2.48 bits per heavy atom. The summed E-state index contributed by atoms with van der Waals surface area (Å²) in [5, 5.41) is 6.69. The Bertz CT molecular complexity index is 512. The fraction of sp³-hybridized carbons (Fsp3) is 0.400. The number of amides is 2. The van der Waals surface area contributed by atoms with Crippen molar-refractivity contribution in [1.29, 1.82) is 0 Å². The van der Waals surface area contributed by atoms with Gasteiger partial charge in [0.15, 0.2) is 0 Å². The highest BCUT2D eigenvalue weighted by Gasteiger charge is 2.05. The second-order valence-corrected chi connectivity index (χ2v) is 5.63. The highest BCUT2D eigenvalue weighted by Crippen LogP contribution is 2.14. The van der Waals surface area contributed by atoms with Gasteiger partial charge in [-0.3, -0.25) is 9.59 Å². The number of hydrogen-bond acceptors (Lipinski definition) is 3. The van der Waals surface area contributed by atoms with Crippen LogP contribution in [0.2, 0.25) is 0 Å². The van der Waals surface area contributed by atoms with Crippen LogP contribution in [0, 0.1) is 0 Å². The summed E-state index contributed by atoms with van der Waals surface area (Å²) < 4.78 is 0.952. The molecular weight excluding hydrogens is 334 g/mol. The molecule has 6 heteroatoms. The van der Waals surface area contributed by atoms with Crippen LogP contribution in [0.25, 0.3) is 0 Å². The van der Waals surface area contributed by atoms with Crippen LogP contribution in [0.4, 0.5) is 5.69 Å². The topological polar surface area (TPSA) is 70.6 Å². The minimum atomic E-state index is -0.165. The summed E-state index contributed by atoms with van der Waals surface area (Å²) in [4.78, 5) is 23.2. The van der Waals surface area contributed by atoms with Gasteiger partial charge < -0.3 is 5.32 Å². The van der Waals surface area contributed by atoms with Crippen LogP contribution < -0.4 is 10.7 Å². The minimum Gasteiger partial charge on any atom is -0.326 e. The molecule has 0 aliphatic heterocycles. The van der Waals surface area contributed by atoms with Crippen LogP contribution >= 0.6 is 15.9 Å². The number of carbonyl (C=O) groups is 2. The molecule has 114 valence electrons. The first-order chi connectivity index (χ1) is 10.0. The molecule has 5 nitrogen and oxygen atoms in total. The molecule has 0 unspecified atom stereocenters. The first-order valence-corrected chi connectivity index (χ1v) is 7.68. The number of carbonyl (C=O) groups excluding carboxylic acids is 2. The summed E-state index contributed by atoms with van der Waals surface area (Å²) in [6.45, 7) is 3.73. The SMILES string of the molecule is CCCCC(=O)N/N=C(\C)CC(=O)Nc1ccc(Br)cc1. The lowest BCUT2D eigenvalue weighted by molar-refractivity contribution is -0.121. The Balaban J connectivity index is 2.39. The van der Waals surface area contributed by atoms with Crippen molar-refractivity contribution in [2.45, 2.75) is 39.5 Å². The molecule has 21 heavy (non-hydrogen) atoms. The van der Waals surface area contributed by atoms with Gasteiger partial charge >= 0.3 is 0 Å². The second kappa shape index (κ2) is 9.28. The van der Waals surface area contributed by atoms with E-state index in [0.29, 0.717) is 12.1 Å². The lowest BCUT2D eigenvalue weighted by Gasteiger charge is -2.05. The molecule has 0 atom stereocenters. The Kier molecular flexibility index (Phi) is 7.68. The van der Waals surface area contributed by atoms with Crippen molar-refractivity contribution in [2.24, 2.45) is 5.10 Å². The minimum absolute atomic E-state index is 0.121. The first-order valence-electron chi connectivity index (χ1n) is 6.88. The van der Waals surface area contributed by atoms with Crippen LogP contribution in [-0.4, -0.2) is 17.5 Å². The molecule has 1 aromatic carbocycles. The van der Waals surface area contributed by atoms with E-state index >= 15 is 0 Å². The predicted molar refractivity (Wildman–Crippen MR) is 88.2 cm³/mol. The van der Waals surface area contributed by atoms with Crippen LogP contribution in [0.1, 0.15) is 39.5 Å². The maximum atomic E-state index is 11.8. The van der Waals surface area contributed by atoms with E-state index in [0.717, 1.165) is 23.0 Å². The van der Waals surface area contributed by atoms with Gasteiger partial charge in [0.2, 0.25) is 11.8 Å². The third-order valence-electron chi connectivity index (χ3n) is 2.67. The molecular formula is C15H20BrN3O2. The molecule has 0 aliphatic carbocycles. The highest BCUT2D eigenvalue weighted by molar-refractivity contribution is 9.10. The summed E-state index contributed by atoms with van der Waals surface area (Å²) in [5.74, 6) is -0.286. The zero-order chi connectivity index (χ0) is 15.7. The quantitative estimate of drug-likeness (QED) is 0.582. The van der Waals surface area contributed by atoms with Crippen molar-refractivity contribution in [2.75, 3.05) is 5.32 Å². The van der Waals surface area contributed by atoms with E-state index in [1.165, 1.54) is 0 Å². The molecule has 1 rings (SSSR count). The van der Waals surface area contributed by atoms with Crippen molar-refractivity contribution in [3.05, 3.63) is 28.7 Å². The summed E-state index contributed by atoms with van der Waals surface area (Å²) in [5.41, 5.74) is 3.75. The molecule has 0 aliphatic rings. The number of halogens is 1. The van der Waals surface area contributed by atoms with E-state index in [9.17, 15) is 9.59 Å². The van der Waals surface area contributed by atoms with Crippen molar-refractivity contribution in [3.63, 3.8) is 0 Å². The van der Waals surface area contributed by atoms with Gasteiger partial charge in [-0.2, -0.15) is 5.10 Å². The summed E-state index contributed by atoms with van der Waals surface area (Å²) in [6, 6.07) is 7.32. The lowest BCUT2D eigenvalue weighted by Crippen LogP contribution is -2.21. The number of rotatable bonds is 7. The highest BCUT2D eigenvalue weighted by atomic mass is 79.9. The van der Waals surface area contributed by atoms with Gasteiger partial charge in [0.05, 0.1) is 6.42 Å². The molecule has 2 amide bonds. The monoisotopic (exact) mass is 353 g/mol. The molecule has 0 saturated heterocycles. The van der Waals surface area contributed by atoms with E-state index < -0.39 is 0 Å². The molecule has 2 N–H and O–H groups in total. The van der Waals surface area contributed by atoms with Gasteiger partial charge in [-0.1, -0.05) is 29.3 Å². The van der Waals surface area contributed by atoms with Crippen LogP contribution in [0.3, 0.4) is 0 Å². The molecule has 0 saturated carbocycles. The summed E-state index contributed by atoms with van der Waals surface area (Å²) in [7, 11) is 0. The molecule has 0 heterocycles. The fourth-order valence-corrected chi connectivity index (χ4v) is 1.83. The van der Waals surface area contributed by atoms with Gasteiger partial charge in [0.1, 0.15) is 0 Å². The summed E-state index contributed by atoms with van der Waals surface area (Å²) in [6.07, 6.45) is 2.40. The van der Waals surface area contributed by atoms with Crippen LogP contribution in [0.5, 0.6) is 0 Å². The van der Waals surface area contributed by atoms with Crippen molar-refractivity contribution >= 4 is 39.1 Å². The van der Waals surface area contributed by atoms with Gasteiger partial charge in [0, 0.05) is 22.3 Å². The molecule has 1 aromatic rings. The van der Waals surface area contributed by atoms with E-state index in [1.54, 1.807) is 19.1 Å². The smallest absolute Gasteiger partial charge is 0.240 e. The van der Waals surface area contributed by atoms with Gasteiger partial charge in [-0.25, -0.2) is 5.43 Å². The fourth-order valence-electron chi connectivity index (χ4n) is 1.56. The van der Waals surface area contributed by atoms with Crippen LogP contribution in [0.15, 0.2) is 33.8 Å². The van der Waals surface area contributed by atoms with E-state index in [4.69, 9.17) is 0 Å². The zero-order valence-corrected chi connectivity index (χ0v) is 13.9. The average Bonchev–Trinajstić information content (AvgIpc) is 2.45. The van der Waals surface area contributed by atoms with Crippen molar-refractivity contribution in [1.82, 2.24) is 5.43 Å². The number of nitrogens with one attached hydrogen (secondary N) is 2. The third-order valence-corrected chi connectivity index (χ3v) is 3.20. The summed E-state index contributed by atoms with van der Waals surface area (Å²) >= 11 is 3.33. The standard InChI is InChI=1S/C15H20BrN3O2/c1-3-4-5-14(20)19-18-11(2)10-15(21)17-13-8-6-12(16)7-9-13/h6-9H,3-5,10H2,1-2H3,(H,17,21)(H,19,20)/b18-11+. The average molecular weight is 354 g/mol. The first kappa shape index (κ1) is 17.4. The van der Waals surface area contributed by atoms with Gasteiger partial charge in [0.25, 0.3) is 0 Å². The number of nitrogens with zero attached hydrogens (tertiary/aromatic N) is 1. The Labute approximate surface area is 133 Å². The molecule has 0 aromatic heterocycles. The third kappa shape index (κ3) is 7.60. The van der Waals surface area contributed by atoms with E-state index in [2.05, 4.69) is 31.8 Å². The van der Waals surface area contributed by atoms with Crippen molar-refractivity contribution < 1.29 is 9.59 Å². The Morgan fingerprint density at radius 2 is 1.86 bits per heavy atom. The number of hydrogen-bond donors (Lipinski definition) is 2. The zero-order valence-electron chi connectivity index (χ0n) is 12.3. The predicted octanol–water partition coefficient (Wildman–Crippen LogP) is 3.46. The number of benzene rings is 1. The van der Waals surface area contributed by atoms with Gasteiger partial charge in [-0.15, -0.1) is 0 Å². The van der Waals surface area contributed by atoms with Crippen LogP contribution in [-0.2, 0) is 9.59 Å². The Morgan fingerprint density at radius 1 is 1.19 bits per heavy atom. The Hall–Kier alpha value is -1.69. The van der Waals surface area contributed by atoms with Gasteiger partial charge in [-0.05, 0) is 37.6 Å². The molecule has 0 spiro atoms. The molecule has 0 radical (unpaired) electrons. The maximum absolute atomic E-state index is 11.8. The van der Waals surface area contributed by atoms with E-state index in [1.807, 2.05) is 19.1 Å². The molecule has 0 fully saturated rings. The van der Waals surface area contributed by atoms with Crippen molar-refractivity contribution in [3.8, 4) is 0 Å². The number of hydrazone groups is 1. The lowest BCUT2D eigenvalue weighted by atomic mass is 10.2. The maximum Gasteiger partial charge on any atom is 0.240 e. The normalized spacial score (nSPS) is 11.1. The largest absolute Gasteiger partial charge is 0.326 e. The second-order valence-electron chi connectivity index (χ2n) is 4.72. The molecule has 0 bridgehead atoms.